The van der Waals surface area contributed by atoms with Crippen LogP contribution in [-0.4, -0.2) is 81.3 Å². The molecule has 4 rings (SSSR count). The second kappa shape index (κ2) is 15.9. The smallest absolute Gasteiger partial charge is 0.280 e. The summed E-state index contributed by atoms with van der Waals surface area (Å²) in [6.07, 6.45) is 3.63. The van der Waals surface area contributed by atoms with E-state index >= 15 is 0 Å². The third kappa shape index (κ3) is 8.49. The number of carbonyl (C=O) groups is 4. The number of piperidine rings is 1. The molecule has 1 aromatic carbocycles. The highest BCUT2D eigenvalue weighted by atomic mass is 32.1. The molecule has 4 amide bonds. The lowest BCUT2D eigenvalue weighted by atomic mass is 9.95. The number of nitrogens with zero attached hydrogens (tertiary/aromatic N) is 3. The first-order valence-electron chi connectivity index (χ1n) is 16.4. The zero-order valence-corrected chi connectivity index (χ0v) is 28.5. The quantitative estimate of drug-likeness (QED) is 0.218. The fourth-order valence-corrected chi connectivity index (χ4v) is 7.14. The first-order chi connectivity index (χ1) is 21.9. The molecule has 0 bridgehead atoms. The SMILES string of the molecule is C=C(C)[C@@H](C[C@@H](O)c1nc(C(=O)N2C(=O)[C@@H](C)C[C@@H]2Cc2ccccc2)cs1)NC(=O)[C@@H](NC(=O)[C@H]1CCCCN1C)[C@@H](C)CC. The minimum atomic E-state index is -1.09. The first kappa shape index (κ1) is 35.4. The van der Waals surface area contributed by atoms with Crippen molar-refractivity contribution in [2.75, 3.05) is 13.6 Å². The highest BCUT2D eigenvalue weighted by Crippen LogP contribution is 2.31. The Balaban J connectivity index is 1.42. The average molecular weight is 652 g/mol. The van der Waals surface area contributed by atoms with E-state index in [1.807, 2.05) is 63.1 Å². The number of benzene rings is 1. The molecule has 250 valence electrons. The van der Waals surface area contributed by atoms with Gasteiger partial charge in [-0.1, -0.05) is 76.1 Å². The Bertz CT molecular complexity index is 1400. The van der Waals surface area contributed by atoms with Gasteiger partial charge < -0.3 is 15.7 Å². The van der Waals surface area contributed by atoms with E-state index < -0.39 is 24.1 Å². The molecule has 3 N–H and O–H groups in total. The number of hydrogen-bond acceptors (Lipinski definition) is 8. The van der Waals surface area contributed by atoms with E-state index in [0.717, 1.165) is 42.7 Å². The molecular formula is C35H49N5O5S. The number of likely N-dealkylation sites (N-methyl/N-ethyl adjacent to an activating group) is 1. The molecule has 10 nitrogen and oxygen atoms in total. The number of amides is 4. The Hall–Kier alpha value is -3.41. The van der Waals surface area contributed by atoms with Crippen molar-refractivity contribution in [3.8, 4) is 0 Å². The number of nitrogens with one attached hydrogen (secondary N) is 2. The topological polar surface area (TPSA) is 132 Å². The second-order valence-electron chi connectivity index (χ2n) is 13.1. The van der Waals surface area contributed by atoms with Gasteiger partial charge in [-0.25, -0.2) is 4.98 Å². The molecule has 2 saturated heterocycles. The number of rotatable bonds is 13. The zero-order valence-electron chi connectivity index (χ0n) is 27.7. The van der Waals surface area contributed by atoms with Crippen molar-refractivity contribution in [1.82, 2.24) is 25.4 Å². The number of aliphatic hydroxyl groups excluding tert-OH is 1. The van der Waals surface area contributed by atoms with E-state index in [9.17, 15) is 24.3 Å². The molecule has 2 aromatic rings. The highest BCUT2D eigenvalue weighted by molar-refractivity contribution is 7.09. The molecule has 3 heterocycles. The molecule has 46 heavy (non-hydrogen) atoms. The van der Waals surface area contributed by atoms with Gasteiger partial charge in [0.25, 0.3) is 5.91 Å². The molecule has 2 aliphatic rings. The summed E-state index contributed by atoms with van der Waals surface area (Å²) in [5.74, 6) is -1.54. The maximum atomic E-state index is 13.6. The molecule has 0 radical (unpaired) electrons. The fourth-order valence-electron chi connectivity index (χ4n) is 6.35. The molecule has 11 heteroatoms. The van der Waals surface area contributed by atoms with Crippen LogP contribution in [0, 0.1) is 11.8 Å². The summed E-state index contributed by atoms with van der Waals surface area (Å²) in [4.78, 5) is 61.2. The largest absolute Gasteiger partial charge is 0.386 e. The Morgan fingerprint density at radius 1 is 1.17 bits per heavy atom. The number of carbonyl (C=O) groups excluding carboxylic acids is 4. The second-order valence-corrected chi connectivity index (χ2v) is 14.0. The van der Waals surface area contributed by atoms with Gasteiger partial charge in [-0.3, -0.25) is 29.0 Å². The highest BCUT2D eigenvalue weighted by Gasteiger charge is 2.42. The summed E-state index contributed by atoms with van der Waals surface area (Å²) in [5, 5.41) is 19.1. The van der Waals surface area contributed by atoms with Gasteiger partial charge in [0.1, 0.15) is 22.8 Å². The molecule has 2 fully saturated rings. The van der Waals surface area contributed by atoms with E-state index in [0.29, 0.717) is 29.8 Å². The van der Waals surface area contributed by atoms with Gasteiger partial charge in [-0.2, -0.15) is 0 Å². The van der Waals surface area contributed by atoms with Gasteiger partial charge in [0.15, 0.2) is 0 Å². The van der Waals surface area contributed by atoms with E-state index in [-0.39, 0.29) is 53.8 Å². The fraction of sp³-hybridized carbons (Fsp3) is 0.571. The van der Waals surface area contributed by atoms with Crippen LogP contribution < -0.4 is 10.6 Å². The Kier molecular flexibility index (Phi) is 12.3. The van der Waals surface area contributed by atoms with Gasteiger partial charge >= 0.3 is 0 Å². The molecule has 0 aliphatic carbocycles. The van der Waals surface area contributed by atoms with Crippen LogP contribution in [0.2, 0.25) is 0 Å². The van der Waals surface area contributed by atoms with Crippen LogP contribution >= 0.6 is 11.3 Å². The third-order valence-electron chi connectivity index (χ3n) is 9.45. The van der Waals surface area contributed by atoms with Gasteiger partial charge in [-0.05, 0) is 57.7 Å². The van der Waals surface area contributed by atoms with Crippen LogP contribution in [0.5, 0.6) is 0 Å². The van der Waals surface area contributed by atoms with Crippen LogP contribution in [-0.2, 0) is 20.8 Å². The van der Waals surface area contributed by atoms with Crippen molar-refractivity contribution in [3.05, 3.63) is 64.1 Å². The Morgan fingerprint density at radius 2 is 1.89 bits per heavy atom. The standard InChI is InChI=1S/C35H49N5O5S/c1-7-22(4)30(38-31(42)28-15-11-12-16-39(28)6)32(43)36-26(21(2)3)19-29(41)33-37-27(20-46-33)35(45)40-25(17-23(5)34(40)44)18-24-13-9-8-10-14-24/h8-10,13-14,20,22-23,25-26,28-30,41H,2,7,11-12,15-19H2,1,3-6H3,(H,36,43)(H,38,42)/t22-,23-,25+,26+,28+,29+,30-/m0/s1. The van der Waals surface area contributed by atoms with Crippen molar-refractivity contribution < 1.29 is 24.3 Å². The van der Waals surface area contributed by atoms with Crippen LogP contribution in [0.3, 0.4) is 0 Å². The zero-order chi connectivity index (χ0) is 33.5. The minimum absolute atomic E-state index is 0.0884. The molecule has 0 unspecified atom stereocenters. The normalized spacial score (nSPS) is 23.0. The number of imide groups is 1. The summed E-state index contributed by atoms with van der Waals surface area (Å²) < 4.78 is 0. The predicted octanol–water partition coefficient (Wildman–Crippen LogP) is 4.26. The number of likely N-dealkylation sites (tertiary alicyclic amines) is 2. The molecular weight excluding hydrogens is 602 g/mol. The lowest BCUT2D eigenvalue weighted by molar-refractivity contribution is -0.133. The Morgan fingerprint density at radius 3 is 2.54 bits per heavy atom. The lowest BCUT2D eigenvalue weighted by Crippen LogP contribution is -2.57. The molecule has 0 saturated carbocycles. The summed E-state index contributed by atoms with van der Waals surface area (Å²) in [5.41, 5.74) is 1.80. The number of thiazole rings is 1. The van der Waals surface area contributed by atoms with Crippen molar-refractivity contribution in [3.63, 3.8) is 0 Å². The van der Waals surface area contributed by atoms with Crippen LogP contribution in [0.25, 0.3) is 0 Å². The summed E-state index contributed by atoms with van der Waals surface area (Å²) in [7, 11) is 1.93. The number of aliphatic hydroxyl groups is 1. The average Bonchev–Trinajstić information content (AvgIpc) is 3.64. The van der Waals surface area contributed by atoms with Crippen molar-refractivity contribution in [1.29, 1.82) is 0 Å². The molecule has 1 aromatic heterocycles. The van der Waals surface area contributed by atoms with E-state index in [1.165, 1.54) is 4.90 Å². The summed E-state index contributed by atoms with van der Waals surface area (Å²) >= 11 is 1.14. The number of hydrogen-bond donors (Lipinski definition) is 3. The Labute approximate surface area is 276 Å². The van der Waals surface area contributed by atoms with E-state index in [1.54, 1.807) is 12.3 Å². The minimum Gasteiger partial charge on any atom is -0.386 e. The maximum Gasteiger partial charge on any atom is 0.280 e. The number of aromatic nitrogens is 1. The first-order valence-corrected chi connectivity index (χ1v) is 17.3. The monoisotopic (exact) mass is 651 g/mol. The van der Waals surface area contributed by atoms with Gasteiger partial charge in [0.05, 0.1) is 12.1 Å². The predicted molar refractivity (Wildman–Crippen MR) is 179 cm³/mol. The summed E-state index contributed by atoms with van der Waals surface area (Å²) in [6, 6.07) is 7.91. The van der Waals surface area contributed by atoms with Crippen molar-refractivity contribution in [2.24, 2.45) is 11.8 Å². The summed E-state index contributed by atoms with van der Waals surface area (Å²) in [6.45, 7) is 12.4. The van der Waals surface area contributed by atoms with Crippen molar-refractivity contribution >= 4 is 35.0 Å². The van der Waals surface area contributed by atoms with Gasteiger partial charge in [0.2, 0.25) is 17.7 Å². The van der Waals surface area contributed by atoms with Crippen LogP contribution in [0.1, 0.15) is 93.4 Å². The molecule has 2 aliphatic heterocycles. The van der Waals surface area contributed by atoms with E-state index in [4.69, 9.17) is 0 Å². The van der Waals surface area contributed by atoms with Crippen LogP contribution in [0.15, 0.2) is 47.9 Å². The van der Waals surface area contributed by atoms with Gasteiger partial charge in [0, 0.05) is 23.8 Å². The third-order valence-corrected chi connectivity index (χ3v) is 10.4. The van der Waals surface area contributed by atoms with Crippen LogP contribution in [0.4, 0.5) is 0 Å². The van der Waals surface area contributed by atoms with Crippen molar-refractivity contribution in [2.45, 2.75) is 103 Å². The molecule has 7 atom stereocenters. The van der Waals surface area contributed by atoms with E-state index in [2.05, 4.69) is 22.2 Å². The molecule has 0 spiro atoms. The maximum absolute atomic E-state index is 13.6. The van der Waals surface area contributed by atoms with Gasteiger partial charge in [-0.15, -0.1) is 11.3 Å². The lowest BCUT2D eigenvalue weighted by Gasteiger charge is -2.34.